The van der Waals surface area contributed by atoms with Crippen LogP contribution in [0, 0.1) is 0 Å². The second-order valence-electron chi connectivity index (χ2n) is 7.31. The summed E-state index contributed by atoms with van der Waals surface area (Å²) in [4.78, 5) is 13.9. The van der Waals surface area contributed by atoms with Crippen LogP contribution in [0.5, 0.6) is 23.0 Å². The minimum atomic E-state index is -0.350. The van der Waals surface area contributed by atoms with Crippen molar-refractivity contribution in [1.82, 2.24) is 4.90 Å². The normalized spacial score (nSPS) is 22.0. The number of likely N-dealkylation sites (N-methyl/N-ethyl adjacent to an activating group) is 1. The molecular weight excluding hydrogens is 346 g/mol. The number of benzene rings is 2. The summed E-state index contributed by atoms with van der Waals surface area (Å²) in [7, 11) is 3.75. The summed E-state index contributed by atoms with van der Waals surface area (Å²) in [5.41, 5.74) is 5.02. The Morgan fingerprint density at radius 3 is 2.30 bits per heavy atom. The SMILES string of the molecule is COc1cc2c(cc1OC(C)=O)C1Cc3cc4c(cc3C(C2)N1C)OCO4. The standard InChI is InChI=1S/C21H21NO5/c1-11(23)27-21-9-15-12(6-18(21)24-3)4-16-14-8-20-19(25-10-26-20)7-13(14)5-17(15)22(16)2/h6-9,16-17H,4-5,10H2,1-3H3. The lowest BCUT2D eigenvalue weighted by atomic mass is 9.76. The summed E-state index contributed by atoms with van der Waals surface area (Å²) in [6, 6.07) is 8.71. The van der Waals surface area contributed by atoms with E-state index in [9.17, 15) is 4.79 Å². The number of carbonyl (C=O) groups excluding carboxylic acids is 1. The Kier molecular flexibility index (Phi) is 3.59. The first kappa shape index (κ1) is 16.4. The number of carbonyl (C=O) groups is 1. The van der Waals surface area contributed by atoms with E-state index in [0.717, 1.165) is 24.3 Å². The molecule has 2 bridgehead atoms. The van der Waals surface area contributed by atoms with Gasteiger partial charge >= 0.3 is 5.97 Å². The fourth-order valence-electron chi connectivity index (χ4n) is 4.57. The molecular formula is C21H21NO5. The maximum atomic E-state index is 11.5. The fraction of sp³-hybridized carbons (Fsp3) is 0.381. The average molecular weight is 367 g/mol. The van der Waals surface area contributed by atoms with E-state index in [1.807, 2.05) is 12.1 Å². The minimum absolute atomic E-state index is 0.215. The Hall–Kier alpha value is -2.73. The van der Waals surface area contributed by atoms with Gasteiger partial charge in [-0.25, -0.2) is 0 Å². The number of hydrogen-bond acceptors (Lipinski definition) is 6. The molecule has 6 heteroatoms. The van der Waals surface area contributed by atoms with E-state index in [-0.39, 0.29) is 24.8 Å². The van der Waals surface area contributed by atoms with Gasteiger partial charge in [0.1, 0.15) is 0 Å². The lowest BCUT2D eigenvalue weighted by Crippen LogP contribution is -2.40. The largest absolute Gasteiger partial charge is 0.493 e. The summed E-state index contributed by atoms with van der Waals surface area (Å²) >= 11 is 0. The molecule has 0 amide bonds. The molecule has 0 aliphatic carbocycles. The van der Waals surface area contributed by atoms with Gasteiger partial charge in [0.2, 0.25) is 6.79 Å². The number of fused-ring (bicyclic) bond motifs is 7. The highest BCUT2D eigenvalue weighted by molar-refractivity contribution is 5.71. The Morgan fingerprint density at radius 2 is 1.63 bits per heavy atom. The molecule has 3 aliphatic rings. The highest BCUT2D eigenvalue weighted by atomic mass is 16.7. The second-order valence-corrected chi connectivity index (χ2v) is 7.31. The zero-order valence-electron chi connectivity index (χ0n) is 15.6. The summed E-state index contributed by atoms with van der Waals surface area (Å²) in [6.45, 7) is 1.69. The van der Waals surface area contributed by atoms with Crippen LogP contribution in [-0.4, -0.2) is 31.8 Å². The van der Waals surface area contributed by atoms with Crippen molar-refractivity contribution in [3.63, 3.8) is 0 Å². The van der Waals surface area contributed by atoms with Crippen LogP contribution in [0.2, 0.25) is 0 Å². The maximum Gasteiger partial charge on any atom is 0.308 e. The molecule has 2 atom stereocenters. The molecule has 0 saturated carbocycles. The third kappa shape index (κ3) is 2.47. The summed E-state index contributed by atoms with van der Waals surface area (Å²) < 4.78 is 22.0. The van der Waals surface area contributed by atoms with Crippen LogP contribution >= 0.6 is 0 Å². The quantitative estimate of drug-likeness (QED) is 0.600. The topological polar surface area (TPSA) is 57.2 Å². The second kappa shape index (κ2) is 5.89. The molecule has 0 N–H and O–H groups in total. The van der Waals surface area contributed by atoms with Gasteiger partial charge in [-0.05, 0) is 66.4 Å². The molecule has 0 fully saturated rings. The predicted molar refractivity (Wildman–Crippen MR) is 97.5 cm³/mol. The molecule has 2 aromatic carbocycles. The van der Waals surface area contributed by atoms with Crippen molar-refractivity contribution in [2.45, 2.75) is 31.8 Å². The molecule has 3 aliphatic heterocycles. The van der Waals surface area contributed by atoms with E-state index in [4.69, 9.17) is 18.9 Å². The van der Waals surface area contributed by atoms with Crippen molar-refractivity contribution >= 4 is 5.97 Å². The number of methoxy groups -OCH3 is 1. The van der Waals surface area contributed by atoms with Gasteiger partial charge in [-0.3, -0.25) is 9.69 Å². The van der Waals surface area contributed by atoms with Crippen LogP contribution in [0.25, 0.3) is 0 Å². The number of esters is 1. The molecule has 0 radical (unpaired) electrons. The number of hydrogen-bond donors (Lipinski definition) is 0. The molecule has 2 aromatic rings. The van der Waals surface area contributed by atoms with E-state index in [2.05, 4.69) is 24.1 Å². The molecule has 0 aromatic heterocycles. The predicted octanol–water partition coefficient (Wildman–Crippen LogP) is 3.18. The lowest BCUT2D eigenvalue weighted by molar-refractivity contribution is -0.132. The number of nitrogens with zero attached hydrogens (tertiary/aromatic N) is 1. The van der Waals surface area contributed by atoms with Crippen molar-refractivity contribution in [2.24, 2.45) is 0 Å². The summed E-state index contributed by atoms with van der Waals surface area (Å²) in [5, 5.41) is 0. The first-order chi connectivity index (χ1) is 13.0. The van der Waals surface area contributed by atoms with E-state index in [1.165, 1.54) is 29.2 Å². The summed E-state index contributed by atoms with van der Waals surface area (Å²) in [6.07, 6.45) is 1.74. The van der Waals surface area contributed by atoms with Crippen LogP contribution in [0.4, 0.5) is 0 Å². The molecule has 0 spiro atoms. The van der Waals surface area contributed by atoms with Crippen molar-refractivity contribution in [1.29, 1.82) is 0 Å². The van der Waals surface area contributed by atoms with Gasteiger partial charge < -0.3 is 18.9 Å². The van der Waals surface area contributed by atoms with Crippen LogP contribution in [-0.2, 0) is 17.6 Å². The third-order valence-electron chi connectivity index (χ3n) is 5.84. The van der Waals surface area contributed by atoms with Gasteiger partial charge in [-0.1, -0.05) is 0 Å². The Bertz CT molecular complexity index is 954. The third-order valence-corrected chi connectivity index (χ3v) is 5.84. The minimum Gasteiger partial charge on any atom is -0.493 e. The molecule has 140 valence electrons. The van der Waals surface area contributed by atoms with Crippen molar-refractivity contribution in [2.75, 3.05) is 21.0 Å². The van der Waals surface area contributed by atoms with E-state index >= 15 is 0 Å². The van der Waals surface area contributed by atoms with Crippen molar-refractivity contribution in [3.8, 4) is 23.0 Å². The number of rotatable bonds is 2. The smallest absolute Gasteiger partial charge is 0.308 e. The first-order valence-electron chi connectivity index (χ1n) is 9.08. The van der Waals surface area contributed by atoms with Gasteiger partial charge in [-0.2, -0.15) is 0 Å². The zero-order valence-corrected chi connectivity index (χ0v) is 15.6. The Morgan fingerprint density at radius 1 is 1.00 bits per heavy atom. The Balaban J connectivity index is 1.61. The van der Waals surface area contributed by atoms with Gasteiger partial charge in [0, 0.05) is 19.0 Å². The van der Waals surface area contributed by atoms with Gasteiger partial charge in [0.05, 0.1) is 7.11 Å². The summed E-state index contributed by atoms with van der Waals surface area (Å²) in [5.74, 6) is 2.38. The monoisotopic (exact) mass is 367 g/mol. The van der Waals surface area contributed by atoms with Crippen molar-refractivity contribution < 1.29 is 23.7 Å². The van der Waals surface area contributed by atoms with E-state index in [1.54, 1.807) is 7.11 Å². The zero-order chi connectivity index (χ0) is 18.7. The van der Waals surface area contributed by atoms with Gasteiger partial charge in [0.25, 0.3) is 0 Å². The van der Waals surface area contributed by atoms with E-state index < -0.39 is 0 Å². The highest BCUT2D eigenvalue weighted by Gasteiger charge is 2.40. The fourth-order valence-corrected chi connectivity index (χ4v) is 4.57. The van der Waals surface area contributed by atoms with Crippen LogP contribution < -0.4 is 18.9 Å². The molecule has 5 rings (SSSR count). The number of ether oxygens (including phenoxy) is 4. The molecule has 27 heavy (non-hydrogen) atoms. The maximum absolute atomic E-state index is 11.5. The molecule has 2 unspecified atom stereocenters. The van der Waals surface area contributed by atoms with Gasteiger partial charge in [-0.15, -0.1) is 0 Å². The van der Waals surface area contributed by atoms with Gasteiger partial charge in [0.15, 0.2) is 23.0 Å². The lowest BCUT2D eigenvalue weighted by Gasteiger charge is -2.46. The molecule has 6 nitrogen and oxygen atoms in total. The highest BCUT2D eigenvalue weighted by Crippen LogP contribution is 2.51. The van der Waals surface area contributed by atoms with Crippen LogP contribution in [0.15, 0.2) is 24.3 Å². The van der Waals surface area contributed by atoms with Crippen LogP contribution in [0.1, 0.15) is 41.3 Å². The Labute approximate surface area is 157 Å². The molecule has 3 heterocycles. The van der Waals surface area contributed by atoms with Crippen LogP contribution in [0.3, 0.4) is 0 Å². The van der Waals surface area contributed by atoms with Crippen molar-refractivity contribution in [3.05, 3.63) is 46.5 Å². The van der Waals surface area contributed by atoms with E-state index in [0.29, 0.717) is 11.5 Å². The average Bonchev–Trinajstić information content (AvgIpc) is 3.08. The first-order valence-corrected chi connectivity index (χ1v) is 9.08. The molecule has 0 saturated heterocycles.